The Labute approximate surface area is 256 Å². The number of nitrogens with zero attached hydrogens (tertiary/aromatic N) is 2. The average molecular weight is 565 g/mol. The van der Waals surface area contributed by atoms with Gasteiger partial charge in [0.15, 0.2) is 5.58 Å². The van der Waals surface area contributed by atoms with Crippen LogP contribution in [0.25, 0.3) is 55.4 Å². The van der Waals surface area contributed by atoms with Gasteiger partial charge in [-0.05, 0) is 82.4 Å². The molecule has 0 atom stereocenters. The Bertz CT molecular complexity index is 2200. The molecule has 0 aliphatic heterocycles. The molecule has 3 heteroatoms. The molecule has 0 radical (unpaired) electrons. The van der Waals surface area contributed by atoms with Gasteiger partial charge in [-0.25, -0.2) is 0 Å². The van der Waals surface area contributed by atoms with Gasteiger partial charge in [-0.3, -0.25) is 4.98 Å². The van der Waals surface area contributed by atoms with Crippen molar-refractivity contribution >= 4 is 39.1 Å². The van der Waals surface area contributed by atoms with Crippen LogP contribution in [0.5, 0.6) is 0 Å². The molecule has 44 heavy (non-hydrogen) atoms. The molecule has 0 spiro atoms. The summed E-state index contributed by atoms with van der Waals surface area (Å²) < 4.78 is 6.11. The summed E-state index contributed by atoms with van der Waals surface area (Å²) in [6.07, 6.45) is 1.93. The van der Waals surface area contributed by atoms with Crippen molar-refractivity contribution in [2.45, 2.75) is 0 Å². The Morgan fingerprint density at radius 2 is 0.932 bits per heavy atom. The van der Waals surface area contributed by atoms with Crippen LogP contribution in [0, 0.1) is 0 Å². The fourth-order valence-electron chi connectivity index (χ4n) is 5.89. The smallest absolute Gasteiger partial charge is 0.154 e. The van der Waals surface area contributed by atoms with Gasteiger partial charge < -0.3 is 9.32 Å². The Balaban J connectivity index is 1.19. The summed E-state index contributed by atoms with van der Waals surface area (Å²) in [5.74, 6) is 0. The third-order valence-electron chi connectivity index (χ3n) is 8.12. The van der Waals surface area contributed by atoms with E-state index < -0.39 is 0 Å². The molecule has 0 saturated carbocycles. The van der Waals surface area contributed by atoms with Crippen molar-refractivity contribution < 1.29 is 4.42 Å². The zero-order chi connectivity index (χ0) is 29.3. The highest BCUT2D eigenvalue weighted by molar-refractivity contribution is 6.03. The van der Waals surface area contributed by atoms with E-state index >= 15 is 0 Å². The number of para-hydroxylation sites is 1. The van der Waals surface area contributed by atoms with Gasteiger partial charge in [-0.2, -0.15) is 0 Å². The highest BCUT2D eigenvalue weighted by atomic mass is 16.3. The zero-order valence-corrected chi connectivity index (χ0v) is 24.0. The fourth-order valence-corrected chi connectivity index (χ4v) is 5.89. The molecule has 0 aliphatic rings. The summed E-state index contributed by atoms with van der Waals surface area (Å²) in [5, 5.41) is 1.04. The van der Waals surface area contributed by atoms with E-state index in [2.05, 4.69) is 144 Å². The molecule has 0 bridgehead atoms. The topological polar surface area (TPSA) is 29.3 Å². The molecule has 2 aromatic heterocycles. The highest BCUT2D eigenvalue weighted by Gasteiger charge is 2.15. The van der Waals surface area contributed by atoms with Gasteiger partial charge in [-0.1, -0.05) is 109 Å². The van der Waals surface area contributed by atoms with Crippen LogP contribution in [0.4, 0.5) is 17.1 Å². The molecule has 0 fully saturated rings. The van der Waals surface area contributed by atoms with Crippen molar-refractivity contribution in [3.8, 4) is 33.4 Å². The lowest BCUT2D eigenvalue weighted by atomic mass is 10.0. The minimum Gasteiger partial charge on any atom is -0.454 e. The predicted molar refractivity (Wildman–Crippen MR) is 183 cm³/mol. The molecule has 6 aromatic carbocycles. The quantitative estimate of drug-likeness (QED) is 0.201. The Morgan fingerprint density at radius 3 is 1.61 bits per heavy atom. The van der Waals surface area contributed by atoms with Gasteiger partial charge >= 0.3 is 0 Å². The summed E-state index contributed by atoms with van der Waals surface area (Å²) >= 11 is 0. The lowest BCUT2D eigenvalue weighted by molar-refractivity contribution is 0.668. The third-order valence-corrected chi connectivity index (χ3v) is 8.12. The molecule has 0 saturated heterocycles. The number of aromatic nitrogens is 1. The van der Waals surface area contributed by atoms with Crippen LogP contribution in [0.2, 0.25) is 0 Å². The highest BCUT2D eigenvalue weighted by Crippen LogP contribution is 2.38. The molecule has 0 unspecified atom stereocenters. The van der Waals surface area contributed by atoms with Gasteiger partial charge in [0.2, 0.25) is 0 Å². The van der Waals surface area contributed by atoms with Gasteiger partial charge in [0.05, 0.1) is 0 Å². The van der Waals surface area contributed by atoms with Crippen molar-refractivity contribution in [1.82, 2.24) is 4.98 Å². The zero-order valence-electron chi connectivity index (χ0n) is 24.0. The number of fused-ring (bicyclic) bond motifs is 3. The summed E-state index contributed by atoms with van der Waals surface area (Å²) in [4.78, 5) is 7.08. The number of benzene rings is 6. The normalized spacial score (nSPS) is 11.2. The molecule has 0 aliphatic carbocycles. The second kappa shape index (κ2) is 11.0. The first-order valence-electron chi connectivity index (χ1n) is 14.8. The second-order valence-corrected chi connectivity index (χ2v) is 10.9. The van der Waals surface area contributed by atoms with Crippen molar-refractivity contribution in [3.63, 3.8) is 0 Å². The third kappa shape index (κ3) is 4.81. The van der Waals surface area contributed by atoms with Crippen LogP contribution in [0.1, 0.15) is 0 Å². The van der Waals surface area contributed by atoms with Crippen LogP contribution < -0.4 is 4.90 Å². The van der Waals surface area contributed by atoms with E-state index in [4.69, 9.17) is 9.40 Å². The first-order valence-corrected chi connectivity index (χ1v) is 14.8. The van der Waals surface area contributed by atoms with Gasteiger partial charge in [0.1, 0.15) is 11.1 Å². The maximum atomic E-state index is 6.11. The van der Waals surface area contributed by atoms with E-state index in [1.807, 2.05) is 30.5 Å². The molecule has 2 heterocycles. The first kappa shape index (κ1) is 25.8. The van der Waals surface area contributed by atoms with E-state index in [0.717, 1.165) is 50.3 Å². The summed E-state index contributed by atoms with van der Waals surface area (Å²) in [6.45, 7) is 0. The van der Waals surface area contributed by atoms with Gasteiger partial charge in [-0.15, -0.1) is 0 Å². The van der Waals surface area contributed by atoms with E-state index in [1.54, 1.807) is 0 Å². The van der Waals surface area contributed by atoms with Crippen LogP contribution in [-0.4, -0.2) is 4.98 Å². The van der Waals surface area contributed by atoms with Crippen molar-refractivity contribution in [2.75, 3.05) is 4.90 Å². The van der Waals surface area contributed by atoms with Crippen LogP contribution >= 0.6 is 0 Å². The number of furan rings is 1. The molecule has 0 amide bonds. The van der Waals surface area contributed by atoms with Crippen molar-refractivity contribution in [2.24, 2.45) is 0 Å². The number of rotatable bonds is 6. The summed E-state index contributed by atoms with van der Waals surface area (Å²) in [6, 6.07) is 57.3. The standard InChI is InChI=1S/C41H28N2O/c1-3-10-29(11-4-1)31-18-22-35(23-19-31)43(37-15-9-14-33(26-37)30-12-5-2-6-13-30)36-24-20-32(21-25-36)34-27-40-41(42-28-34)38-16-7-8-17-39(38)44-40/h1-28H. The number of pyridine rings is 1. The molecule has 8 aromatic rings. The van der Waals surface area contributed by atoms with E-state index in [1.165, 1.54) is 22.3 Å². The Kier molecular flexibility index (Phi) is 6.47. The largest absolute Gasteiger partial charge is 0.454 e. The first-order chi connectivity index (χ1) is 21.8. The minimum atomic E-state index is 0.797. The minimum absolute atomic E-state index is 0.797. The average Bonchev–Trinajstić information content (AvgIpc) is 3.48. The van der Waals surface area contributed by atoms with Crippen LogP contribution in [-0.2, 0) is 0 Å². The van der Waals surface area contributed by atoms with E-state index in [-0.39, 0.29) is 0 Å². The van der Waals surface area contributed by atoms with Crippen molar-refractivity contribution in [3.05, 3.63) is 170 Å². The Morgan fingerprint density at radius 1 is 0.386 bits per heavy atom. The summed E-state index contributed by atoms with van der Waals surface area (Å²) in [7, 11) is 0. The molecule has 208 valence electrons. The van der Waals surface area contributed by atoms with Gasteiger partial charge in [0, 0.05) is 34.2 Å². The van der Waals surface area contributed by atoms with E-state index in [9.17, 15) is 0 Å². The Hall–Kier alpha value is -5.93. The van der Waals surface area contributed by atoms with Crippen molar-refractivity contribution in [1.29, 1.82) is 0 Å². The maximum Gasteiger partial charge on any atom is 0.154 e. The van der Waals surface area contributed by atoms with Crippen LogP contribution in [0.3, 0.4) is 0 Å². The summed E-state index contributed by atoms with van der Waals surface area (Å²) in [5.41, 5.74) is 12.7. The van der Waals surface area contributed by atoms with Gasteiger partial charge in [0.25, 0.3) is 0 Å². The second-order valence-electron chi connectivity index (χ2n) is 10.9. The van der Waals surface area contributed by atoms with Crippen LogP contribution in [0.15, 0.2) is 174 Å². The molecule has 8 rings (SSSR count). The number of hydrogen-bond donors (Lipinski definition) is 0. The molecular weight excluding hydrogens is 536 g/mol. The molecule has 3 nitrogen and oxygen atoms in total. The number of hydrogen-bond acceptors (Lipinski definition) is 3. The lowest BCUT2D eigenvalue weighted by Gasteiger charge is -2.26. The SMILES string of the molecule is c1ccc(-c2ccc(N(c3ccc(-c4cnc5c(c4)oc4ccccc45)cc3)c3cccc(-c4ccccc4)c3)cc2)cc1. The molecule has 0 N–H and O–H groups in total. The number of anilines is 3. The monoisotopic (exact) mass is 564 g/mol. The fraction of sp³-hybridized carbons (Fsp3) is 0. The van der Waals surface area contributed by atoms with E-state index in [0.29, 0.717) is 0 Å². The molecular formula is C41H28N2O. The lowest BCUT2D eigenvalue weighted by Crippen LogP contribution is -2.10. The predicted octanol–water partition coefficient (Wildman–Crippen LogP) is 11.5. The maximum absolute atomic E-state index is 6.11.